The van der Waals surface area contributed by atoms with Crippen LogP contribution >= 0.6 is 0 Å². The predicted molar refractivity (Wildman–Crippen MR) is 75.3 cm³/mol. The van der Waals surface area contributed by atoms with Gasteiger partial charge in [-0.05, 0) is 44.4 Å². The summed E-state index contributed by atoms with van der Waals surface area (Å²) >= 11 is 0. The standard InChI is InChI=1S/C16H26N2O/c1-13(2)8-11-18(14-6-3-4-7-14)15(19)16(12-17)9-5-10-16/h13-14H,3-11H2,1-2H3. The number of hydrogen-bond acceptors (Lipinski definition) is 2. The van der Waals surface area contributed by atoms with Gasteiger partial charge in [0.2, 0.25) is 5.91 Å². The molecule has 0 aliphatic heterocycles. The van der Waals surface area contributed by atoms with Crippen LogP contribution in [0.4, 0.5) is 0 Å². The van der Waals surface area contributed by atoms with E-state index in [0.29, 0.717) is 12.0 Å². The van der Waals surface area contributed by atoms with E-state index in [2.05, 4.69) is 24.8 Å². The quantitative estimate of drug-likeness (QED) is 0.761. The van der Waals surface area contributed by atoms with E-state index in [-0.39, 0.29) is 5.91 Å². The van der Waals surface area contributed by atoms with E-state index >= 15 is 0 Å². The van der Waals surface area contributed by atoms with Gasteiger partial charge < -0.3 is 4.90 Å². The van der Waals surface area contributed by atoms with Crippen molar-refractivity contribution in [2.45, 2.75) is 71.3 Å². The lowest BCUT2D eigenvalue weighted by atomic mass is 9.68. The lowest BCUT2D eigenvalue weighted by Crippen LogP contribution is -2.51. The van der Waals surface area contributed by atoms with Crippen molar-refractivity contribution in [3.05, 3.63) is 0 Å². The van der Waals surface area contributed by atoms with Gasteiger partial charge in [0.25, 0.3) is 0 Å². The van der Waals surface area contributed by atoms with Crippen molar-refractivity contribution in [2.24, 2.45) is 11.3 Å². The fourth-order valence-corrected chi connectivity index (χ4v) is 3.24. The summed E-state index contributed by atoms with van der Waals surface area (Å²) in [7, 11) is 0. The third-order valence-corrected chi connectivity index (χ3v) is 4.80. The maximum absolute atomic E-state index is 12.8. The fourth-order valence-electron chi connectivity index (χ4n) is 3.24. The summed E-state index contributed by atoms with van der Waals surface area (Å²) in [5.41, 5.74) is -0.667. The van der Waals surface area contributed by atoms with Crippen LogP contribution in [0.15, 0.2) is 0 Å². The lowest BCUT2D eigenvalue weighted by molar-refractivity contribution is -0.145. The van der Waals surface area contributed by atoms with Gasteiger partial charge in [-0.15, -0.1) is 0 Å². The number of rotatable bonds is 5. The van der Waals surface area contributed by atoms with Crippen molar-refractivity contribution in [1.82, 2.24) is 4.90 Å². The molecule has 0 aromatic rings. The zero-order valence-electron chi connectivity index (χ0n) is 12.3. The van der Waals surface area contributed by atoms with Crippen LogP contribution in [0.25, 0.3) is 0 Å². The maximum Gasteiger partial charge on any atom is 0.243 e. The summed E-state index contributed by atoms with van der Waals surface area (Å²) < 4.78 is 0. The summed E-state index contributed by atoms with van der Waals surface area (Å²) in [5, 5.41) is 9.38. The van der Waals surface area contributed by atoms with E-state index in [9.17, 15) is 10.1 Å². The maximum atomic E-state index is 12.8. The Hall–Kier alpha value is -1.04. The zero-order chi connectivity index (χ0) is 13.9. The second-order valence-corrected chi connectivity index (χ2v) is 6.67. The Morgan fingerprint density at radius 3 is 2.37 bits per heavy atom. The van der Waals surface area contributed by atoms with Crippen molar-refractivity contribution in [2.75, 3.05) is 6.54 Å². The first-order valence-corrected chi connectivity index (χ1v) is 7.81. The van der Waals surface area contributed by atoms with Crippen LogP contribution in [-0.2, 0) is 4.79 Å². The van der Waals surface area contributed by atoms with E-state index in [1.807, 2.05) is 0 Å². The Labute approximate surface area is 117 Å². The van der Waals surface area contributed by atoms with E-state index in [1.165, 1.54) is 12.8 Å². The van der Waals surface area contributed by atoms with Crippen molar-refractivity contribution < 1.29 is 4.79 Å². The van der Waals surface area contributed by atoms with Crippen LogP contribution in [0, 0.1) is 22.7 Å². The van der Waals surface area contributed by atoms with Crippen LogP contribution in [0.3, 0.4) is 0 Å². The number of hydrogen-bond donors (Lipinski definition) is 0. The minimum atomic E-state index is -0.667. The largest absolute Gasteiger partial charge is 0.338 e. The van der Waals surface area contributed by atoms with Gasteiger partial charge in [-0.25, -0.2) is 0 Å². The first-order valence-electron chi connectivity index (χ1n) is 7.81. The Balaban J connectivity index is 2.07. The van der Waals surface area contributed by atoms with Gasteiger partial charge in [0.1, 0.15) is 5.41 Å². The molecule has 0 aromatic carbocycles. The Morgan fingerprint density at radius 1 is 1.32 bits per heavy atom. The molecule has 1 amide bonds. The molecule has 0 heterocycles. The molecule has 2 rings (SSSR count). The Kier molecular flexibility index (Phi) is 4.50. The highest BCUT2D eigenvalue weighted by Crippen LogP contribution is 2.43. The van der Waals surface area contributed by atoms with E-state index in [1.54, 1.807) is 0 Å². The van der Waals surface area contributed by atoms with Crippen molar-refractivity contribution >= 4 is 5.91 Å². The van der Waals surface area contributed by atoms with E-state index < -0.39 is 5.41 Å². The molecule has 19 heavy (non-hydrogen) atoms. The molecule has 2 aliphatic rings. The minimum absolute atomic E-state index is 0.133. The second-order valence-electron chi connectivity index (χ2n) is 6.67. The fraction of sp³-hybridized carbons (Fsp3) is 0.875. The Morgan fingerprint density at radius 2 is 1.95 bits per heavy atom. The molecule has 0 N–H and O–H groups in total. The summed E-state index contributed by atoms with van der Waals surface area (Å²) in [4.78, 5) is 14.8. The van der Waals surface area contributed by atoms with Gasteiger partial charge in [-0.2, -0.15) is 5.26 Å². The molecular weight excluding hydrogens is 236 g/mol. The predicted octanol–water partition coefficient (Wildman–Crippen LogP) is 3.50. The normalized spacial score (nSPS) is 22.0. The van der Waals surface area contributed by atoms with Gasteiger partial charge in [0.15, 0.2) is 0 Å². The Bertz CT molecular complexity index is 359. The lowest BCUT2D eigenvalue weighted by Gasteiger charge is -2.41. The summed E-state index contributed by atoms with van der Waals surface area (Å²) in [6.07, 6.45) is 8.34. The van der Waals surface area contributed by atoms with Crippen LogP contribution in [0.5, 0.6) is 0 Å². The van der Waals surface area contributed by atoms with Gasteiger partial charge in [-0.1, -0.05) is 26.7 Å². The van der Waals surface area contributed by atoms with E-state index in [4.69, 9.17) is 0 Å². The van der Waals surface area contributed by atoms with Gasteiger partial charge in [0, 0.05) is 12.6 Å². The molecule has 3 heteroatoms. The molecule has 0 unspecified atom stereocenters. The van der Waals surface area contributed by atoms with Crippen LogP contribution in [0.2, 0.25) is 0 Å². The van der Waals surface area contributed by atoms with Crippen LogP contribution < -0.4 is 0 Å². The molecular formula is C16H26N2O. The molecule has 0 spiro atoms. The second kappa shape index (κ2) is 5.94. The molecule has 3 nitrogen and oxygen atoms in total. The number of nitrogens with zero attached hydrogens (tertiary/aromatic N) is 2. The molecule has 0 bridgehead atoms. The van der Waals surface area contributed by atoms with Crippen molar-refractivity contribution in [1.29, 1.82) is 5.26 Å². The van der Waals surface area contributed by atoms with Gasteiger partial charge >= 0.3 is 0 Å². The van der Waals surface area contributed by atoms with Crippen molar-refractivity contribution in [3.8, 4) is 6.07 Å². The highest BCUT2D eigenvalue weighted by atomic mass is 16.2. The average Bonchev–Trinajstić information content (AvgIpc) is 2.82. The third kappa shape index (κ3) is 2.94. The smallest absolute Gasteiger partial charge is 0.243 e. The monoisotopic (exact) mass is 262 g/mol. The average molecular weight is 262 g/mol. The van der Waals surface area contributed by atoms with Crippen molar-refractivity contribution in [3.63, 3.8) is 0 Å². The third-order valence-electron chi connectivity index (χ3n) is 4.80. The molecule has 0 saturated heterocycles. The zero-order valence-corrected chi connectivity index (χ0v) is 12.3. The number of nitriles is 1. The van der Waals surface area contributed by atoms with Crippen LogP contribution in [-0.4, -0.2) is 23.4 Å². The molecule has 106 valence electrons. The number of carbonyl (C=O) groups excluding carboxylic acids is 1. The SMILES string of the molecule is CC(C)CCN(C(=O)C1(C#N)CCC1)C1CCCC1. The number of carbonyl (C=O) groups is 1. The van der Waals surface area contributed by atoms with Gasteiger partial charge in [0.05, 0.1) is 6.07 Å². The minimum Gasteiger partial charge on any atom is -0.338 e. The molecule has 2 saturated carbocycles. The topological polar surface area (TPSA) is 44.1 Å². The first kappa shape index (κ1) is 14.4. The molecule has 0 radical (unpaired) electrons. The highest BCUT2D eigenvalue weighted by Gasteiger charge is 2.48. The first-order chi connectivity index (χ1) is 9.09. The summed E-state index contributed by atoms with van der Waals surface area (Å²) in [6.45, 7) is 5.23. The van der Waals surface area contributed by atoms with E-state index in [0.717, 1.165) is 45.1 Å². The number of amides is 1. The molecule has 2 fully saturated rings. The van der Waals surface area contributed by atoms with Gasteiger partial charge in [-0.3, -0.25) is 4.79 Å². The summed E-state index contributed by atoms with van der Waals surface area (Å²) in [6, 6.07) is 2.72. The molecule has 0 aromatic heterocycles. The van der Waals surface area contributed by atoms with Crippen LogP contribution in [0.1, 0.15) is 65.2 Å². The highest BCUT2D eigenvalue weighted by molar-refractivity contribution is 5.86. The molecule has 2 aliphatic carbocycles. The molecule has 0 atom stereocenters. The summed E-state index contributed by atoms with van der Waals surface area (Å²) in [5.74, 6) is 0.741.